The van der Waals surface area contributed by atoms with E-state index < -0.39 is 5.41 Å². The van der Waals surface area contributed by atoms with Crippen LogP contribution in [-0.2, 0) is 9.47 Å². The molecule has 0 saturated heterocycles. The van der Waals surface area contributed by atoms with E-state index >= 15 is 0 Å². The van der Waals surface area contributed by atoms with Crippen molar-refractivity contribution in [2.75, 3.05) is 19.0 Å². The summed E-state index contributed by atoms with van der Waals surface area (Å²) in [4.78, 5) is 10.1. The average molecular weight is 493 g/mol. The summed E-state index contributed by atoms with van der Waals surface area (Å²) in [6.07, 6.45) is 11.1. The molecule has 0 aromatic heterocycles. The molecular weight excluding hydrogens is 452 g/mol. The maximum absolute atomic E-state index is 6.25. The fourth-order valence-electron chi connectivity index (χ4n) is 5.00. The number of aliphatic imine (C=N–C) groups is 2. The quantitative estimate of drug-likeness (QED) is 0.216. The first-order valence-corrected chi connectivity index (χ1v) is 14.0. The van der Waals surface area contributed by atoms with Crippen molar-refractivity contribution in [3.05, 3.63) is 71.8 Å². The Balaban J connectivity index is 1.43. The number of benzene rings is 2. The van der Waals surface area contributed by atoms with Crippen molar-refractivity contribution in [1.82, 2.24) is 0 Å². The second-order valence-corrected chi connectivity index (χ2v) is 10.4. The van der Waals surface area contributed by atoms with Crippen LogP contribution in [-0.4, -0.2) is 30.8 Å². The summed E-state index contributed by atoms with van der Waals surface area (Å²) < 4.78 is 12.5. The number of nitrogens with zero attached hydrogens (tertiary/aromatic N) is 2. The first-order chi connectivity index (χ1) is 17.2. The third kappa shape index (κ3) is 6.91. The molecule has 0 radical (unpaired) electrons. The summed E-state index contributed by atoms with van der Waals surface area (Å²) in [7, 11) is 0. The van der Waals surface area contributed by atoms with Gasteiger partial charge in [-0.3, -0.25) is 0 Å². The van der Waals surface area contributed by atoms with Gasteiger partial charge in [0.2, 0.25) is 0 Å². The van der Waals surface area contributed by atoms with Crippen LogP contribution >= 0.6 is 12.6 Å². The molecule has 0 spiro atoms. The average Bonchev–Trinajstić information content (AvgIpc) is 3.60. The number of ether oxygens (including phenoxy) is 2. The molecule has 2 atom stereocenters. The molecule has 0 amide bonds. The predicted octanol–water partition coefficient (Wildman–Crippen LogP) is 7.77. The molecule has 0 bridgehead atoms. The van der Waals surface area contributed by atoms with Crippen molar-refractivity contribution in [2.24, 2.45) is 15.4 Å². The van der Waals surface area contributed by atoms with E-state index in [9.17, 15) is 0 Å². The lowest BCUT2D eigenvalue weighted by atomic mass is 9.83. The van der Waals surface area contributed by atoms with E-state index in [2.05, 4.69) is 68.1 Å². The third-order valence-electron chi connectivity index (χ3n) is 7.20. The zero-order valence-corrected chi connectivity index (χ0v) is 22.0. The SMILES string of the molecule is CC(CCCCCCCCCCS)(C1=N[C@H](c2ccccc2)CO1)C1=N[C@H](c2ccccc2)CO1. The third-order valence-corrected chi connectivity index (χ3v) is 7.52. The monoisotopic (exact) mass is 492 g/mol. The molecule has 2 aliphatic heterocycles. The van der Waals surface area contributed by atoms with E-state index in [4.69, 9.17) is 19.5 Å². The molecule has 35 heavy (non-hydrogen) atoms. The second-order valence-electron chi connectivity index (χ2n) is 9.98. The van der Waals surface area contributed by atoms with Gasteiger partial charge in [0.05, 0.1) is 0 Å². The fourth-order valence-corrected chi connectivity index (χ4v) is 5.22. The van der Waals surface area contributed by atoms with E-state index in [0.29, 0.717) is 13.2 Å². The molecule has 4 nitrogen and oxygen atoms in total. The topological polar surface area (TPSA) is 43.2 Å². The number of hydrogen-bond donors (Lipinski definition) is 1. The van der Waals surface area contributed by atoms with Crippen molar-refractivity contribution in [1.29, 1.82) is 0 Å². The van der Waals surface area contributed by atoms with Crippen LogP contribution in [0.3, 0.4) is 0 Å². The van der Waals surface area contributed by atoms with Gasteiger partial charge < -0.3 is 9.47 Å². The highest BCUT2D eigenvalue weighted by Gasteiger charge is 2.45. The van der Waals surface area contributed by atoms with Gasteiger partial charge in [-0.05, 0) is 36.6 Å². The highest BCUT2D eigenvalue weighted by molar-refractivity contribution is 7.80. The minimum absolute atomic E-state index is 0.0368. The fraction of sp³-hybridized carbons (Fsp3) is 0.533. The number of hydrogen-bond acceptors (Lipinski definition) is 5. The van der Waals surface area contributed by atoms with Crippen LogP contribution in [0.15, 0.2) is 70.6 Å². The largest absolute Gasteiger partial charge is 0.478 e. The van der Waals surface area contributed by atoms with Gasteiger partial charge in [0.15, 0.2) is 11.8 Å². The van der Waals surface area contributed by atoms with Crippen LogP contribution in [0.5, 0.6) is 0 Å². The predicted molar refractivity (Wildman–Crippen MR) is 149 cm³/mol. The van der Waals surface area contributed by atoms with Crippen LogP contribution in [0, 0.1) is 5.41 Å². The van der Waals surface area contributed by atoms with Gasteiger partial charge in [0.1, 0.15) is 30.7 Å². The van der Waals surface area contributed by atoms with Crippen LogP contribution < -0.4 is 0 Å². The van der Waals surface area contributed by atoms with Gasteiger partial charge in [-0.1, -0.05) is 106 Å². The standard InChI is InChI=1S/C30H40N2O2S/c1-30(20-14-6-4-2-3-5-7-15-21-35,28-31-26(22-33-28)24-16-10-8-11-17-24)29-32-27(23-34-29)25-18-12-9-13-19-25/h8-13,16-19,26-27,35H,2-7,14-15,20-23H2,1H3/t26-,27-/m0/s1. The van der Waals surface area contributed by atoms with Crippen molar-refractivity contribution in [3.8, 4) is 0 Å². The van der Waals surface area contributed by atoms with Crippen LogP contribution in [0.4, 0.5) is 0 Å². The summed E-state index contributed by atoms with van der Waals surface area (Å²) in [5.74, 6) is 2.57. The van der Waals surface area contributed by atoms with E-state index in [-0.39, 0.29) is 12.1 Å². The Morgan fingerprint density at radius 2 is 1.11 bits per heavy atom. The lowest BCUT2D eigenvalue weighted by Gasteiger charge is -2.28. The normalized spacial score (nSPS) is 19.7. The molecule has 2 heterocycles. The van der Waals surface area contributed by atoms with Crippen molar-refractivity contribution < 1.29 is 9.47 Å². The highest BCUT2D eigenvalue weighted by atomic mass is 32.1. The molecule has 0 unspecified atom stereocenters. The van der Waals surface area contributed by atoms with E-state index in [1.54, 1.807) is 0 Å². The summed E-state index contributed by atoms with van der Waals surface area (Å²) in [5.41, 5.74) is 1.96. The zero-order valence-electron chi connectivity index (χ0n) is 21.1. The number of rotatable bonds is 14. The number of unbranched alkanes of at least 4 members (excludes halogenated alkanes) is 7. The molecule has 2 aliphatic rings. The summed E-state index contributed by atoms with van der Waals surface area (Å²) in [6, 6.07) is 20.9. The van der Waals surface area contributed by atoms with Gasteiger partial charge in [0.25, 0.3) is 0 Å². The molecule has 4 rings (SSSR count). The van der Waals surface area contributed by atoms with Gasteiger partial charge >= 0.3 is 0 Å². The van der Waals surface area contributed by atoms with Gasteiger partial charge in [-0.25, -0.2) is 9.98 Å². The molecule has 5 heteroatoms. The Morgan fingerprint density at radius 1 is 0.686 bits per heavy atom. The first-order valence-electron chi connectivity index (χ1n) is 13.3. The molecule has 0 fully saturated rings. The van der Waals surface area contributed by atoms with Crippen molar-refractivity contribution in [2.45, 2.75) is 76.8 Å². The lowest BCUT2D eigenvalue weighted by Crippen LogP contribution is -2.37. The first kappa shape index (κ1) is 25.8. The highest BCUT2D eigenvalue weighted by Crippen LogP contribution is 2.39. The summed E-state index contributed by atoms with van der Waals surface area (Å²) in [6.45, 7) is 3.37. The van der Waals surface area contributed by atoms with Gasteiger partial charge in [-0.15, -0.1) is 0 Å². The Kier molecular flexibility index (Phi) is 9.70. The molecule has 2 aromatic rings. The lowest BCUT2D eigenvalue weighted by molar-refractivity contribution is 0.250. The van der Waals surface area contributed by atoms with Crippen LogP contribution in [0.2, 0.25) is 0 Å². The van der Waals surface area contributed by atoms with Crippen molar-refractivity contribution in [3.63, 3.8) is 0 Å². The molecule has 0 aliphatic carbocycles. The Morgan fingerprint density at radius 3 is 1.57 bits per heavy atom. The maximum atomic E-state index is 6.25. The van der Waals surface area contributed by atoms with Gasteiger partial charge in [0, 0.05) is 0 Å². The van der Waals surface area contributed by atoms with E-state index in [1.165, 1.54) is 56.1 Å². The Bertz CT molecular complexity index is 895. The minimum Gasteiger partial charge on any atom is -0.478 e. The van der Waals surface area contributed by atoms with Gasteiger partial charge in [-0.2, -0.15) is 12.6 Å². The minimum atomic E-state index is -0.431. The van der Waals surface area contributed by atoms with Crippen molar-refractivity contribution >= 4 is 24.4 Å². The molecule has 188 valence electrons. The summed E-state index contributed by atoms with van der Waals surface area (Å²) >= 11 is 4.31. The Hall–Kier alpha value is -2.27. The molecular formula is C30H40N2O2S. The summed E-state index contributed by atoms with van der Waals surface area (Å²) in [5, 5.41) is 0. The molecule has 2 aromatic carbocycles. The van der Waals surface area contributed by atoms with E-state index in [1.807, 2.05) is 12.1 Å². The maximum Gasteiger partial charge on any atom is 0.199 e. The van der Waals surface area contributed by atoms with E-state index in [0.717, 1.165) is 30.4 Å². The molecule has 0 N–H and O–H groups in total. The second kappa shape index (κ2) is 13.2. The Labute approximate surface area is 216 Å². The molecule has 0 saturated carbocycles. The van der Waals surface area contributed by atoms with Crippen LogP contribution in [0.1, 0.15) is 87.9 Å². The zero-order chi connectivity index (χ0) is 24.3. The van der Waals surface area contributed by atoms with Crippen LogP contribution in [0.25, 0.3) is 0 Å². The smallest absolute Gasteiger partial charge is 0.199 e. The number of thiol groups is 1.